The van der Waals surface area contributed by atoms with Gasteiger partial charge in [-0.25, -0.2) is 9.68 Å². The molecule has 146 valence electrons. The van der Waals surface area contributed by atoms with Crippen LogP contribution in [0.4, 0.5) is 0 Å². The van der Waals surface area contributed by atoms with Crippen LogP contribution in [0.5, 0.6) is 5.75 Å². The third-order valence-corrected chi connectivity index (χ3v) is 4.19. The van der Waals surface area contributed by atoms with Crippen LogP contribution >= 0.6 is 0 Å². The van der Waals surface area contributed by atoms with Gasteiger partial charge in [0, 0.05) is 0 Å². The lowest BCUT2D eigenvalue weighted by Gasteiger charge is -2.39. The van der Waals surface area contributed by atoms with Gasteiger partial charge in [-0.15, -0.1) is 0 Å². The Hall–Kier alpha value is -2.27. The highest BCUT2D eigenvalue weighted by atomic mass is 17.2. The van der Waals surface area contributed by atoms with Gasteiger partial charge in [-0.2, -0.15) is 0 Å². The minimum atomic E-state index is -1.67. The Morgan fingerprint density at radius 3 is 2.52 bits per heavy atom. The molecule has 0 spiro atoms. The number of aliphatic hydroxyl groups excluding tert-OH is 4. The first-order valence-corrected chi connectivity index (χ1v) is 8.28. The summed E-state index contributed by atoms with van der Waals surface area (Å²) in [6.45, 7) is -1.25. The zero-order valence-corrected chi connectivity index (χ0v) is 14.2. The van der Waals surface area contributed by atoms with Gasteiger partial charge in [0.2, 0.25) is 0 Å². The number of hydrogen-bond acceptors (Lipinski definition) is 9. The first kappa shape index (κ1) is 19.5. The van der Waals surface area contributed by atoms with Gasteiger partial charge >= 0.3 is 5.97 Å². The number of rotatable bonds is 6. The smallest absolute Gasteiger partial charge is 0.380 e. The van der Waals surface area contributed by atoms with Crippen LogP contribution in [0.25, 0.3) is 10.8 Å². The van der Waals surface area contributed by atoms with E-state index in [1.54, 1.807) is 18.2 Å². The van der Waals surface area contributed by atoms with E-state index in [0.29, 0.717) is 5.75 Å². The molecule has 0 aromatic heterocycles. The SMILES string of the molecule is O=C(CO[C@H]1[C@H](O)[C@@H](CO)OC(O)[C@@H]1O)OOc1ccc2ccccc2c1. The normalized spacial score (nSPS) is 28.1. The molecule has 1 fully saturated rings. The van der Waals surface area contributed by atoms with E-state index in [4.69, 9.17) is 19.5 Å². The summed E-state index contributed by atoms with van der Waals surface area (Å²) in [4.78, 5) is 21.4. The van der Waals surface area contributed by atoms with Crippen molar-refractivity contribution >= 4 is 16.7 Å². The van der Waals surface area contributed by atoms with E-state index in [2.05, 4.69) is 4.89 Å². The monoisotopic (exact) mass is 380 g/mol. The summed E-state index contributed by atoms with van der Waals surface area (Å²) in [6.07, 6.45) is -7.21. The number of benzene rings is 2. The largest absolute Gasteiger partial charge is 0.394 e. The molecular formula is C18H20O9. The summed E-state index contributed by atoms with van der Waals surface area (Å²) in [5.74, 6) is -0.604. The van der Waals surface area contributed by atoms with Gasteiger partial charge in [0.1, 0.15) is 31.0 Å². The first-order valence-electron chi connectivity index (χ1n) is 8.28. The Morgan fingerprint density at radius 2 is 1.78 bits per heavy atom. The van der Waals surface area contributed by atoms with Gasteiger partial charge in [0.25, 0.3) is 0 Å². The van der Waals surface area contributed by atoms with Gasteiger partial charge in [-0.05, 0) is 22.9 Å². The predicted molar refractivity (Wildman–Crippen MR) is 90.4 cm³/mol. The molecule has 3 rings (SSSR count). The van der Waals surface area contributed by atoms with Crippen molar-refractivity contribution in [2.75, 3.05) is 13.2 Å². The predicted octanol–water partition coefficient (Wildman–Crippen LogP) is -0.507. The maximum atomic E-state index is 11.8. The number of fused-ring (bicyclic) bond motifs is 1. The lowest BCUT2D eigenvalue weighted by atomic mass is 9.99. The Labute approximate surface area is 154 Å². The van der Waals surface area contributed by atoms with Crippen LogP contribution in [0, 0.1) is 0 Å². The fourth-order valence-corrected chi connectivity index (χ4v) is 2.77. The highest BCUT2D eigenvalue weighted by Crippen LogP contribution is 2.23. The number of carbonyl (C=O) groups excluding carboxylic acids is 1. The molecule has 0 aliphatic carbocycles. The fourth-order valence-electron chi connectivity index (χ4n) is 2.77. The molecular weight excluding hydrogens is 360 g/mol. The van der Waals surface area contributed by atoms with Crippen molar-refractivity contribution in [1.82, 2.24) is 0 Å². The van der Waals surface area contributed by atoms with Gasteiger partial charge in [-0.3, -0.25) is 4.89 Å². The van der Waals surface area contributed by atoms with Crippen LogP contribution in [-0.4, -0.2) is 70.3 Å². The molecule has 1 saturated heterocycles. The molecule has 2 aromatic carbocycles. The van der Waals surface area contributed by atoms with Crippen molar-refractivity contribution in [3.63, 3.8) is 0 Å². The molecule has 2 aromatic rings. The number of ether oxygens (including phenoxy) is 2. The van der Waals surface area contributed by atoms with Crippen molar-refractivity contribution < 1.29 is 44.5 Å². The van der Waals surface area contributed by atoms with E-state index in [9.17, 15) is 20.1 Å². The van der Waals surface area contributed by atoms with Gasteiger partial charge in [-0.1, -0.05) is 30.3 Å². The van der Waals surface area contributed by atoms with E-state index < -0.39 is 49.9 Å². The fraction of sp³-hybridized carbons (Fsp3) is 0.389. The zero-order valence-electron chi connectivity index (χ0n) is 14.2. The molecule has 27 heavy (non-hydrogen) atoms. The Morgan fingerprint density at radius 1 is 1.04 bits per heavy atom. The summed E-state index contributed by atoms with van der Waals surface area (Å²) in [6, 6.07) is 12.7. The molecule has 9 nitrogen and oxygen atoms in total. The molecule has 4 N–H and O–H groups in total. The summed E-state index contributed by atoms with van der Waals surface area (Å²) < 4.78 is 9.95. The Balaban J connectivity index is 1.52. The van der Waals surface area contributed by atoms with E-state index in [0.717, 1.165) is 10.8 Å². The van der Waals surface area contributed by atoms with Gasteiger partial charge in [0.05, 0.1) is 6.61 Å². The highest BCUT2D eigenvalue weighted by Gasteiger charge is 2.44. The molecule has 0 bridgehead atoms. The summed E-state index contributed by atoms with van der Waals surface area (Å²) >= 11 is 0. The summed E-state index contributed by atoms with van der Waals surface area (Å²) in [7, 11) is 0. The third-order valence-electron chi connectivity index (χ3n) is 4.19. The van der Waals surface area contributed by atoms with Crippen LogP contribution in [0.3, 0.4) is 0 Å². The number of carbonyl (C=O) groups is 1. The van der Waals surface area contributed by atoms with E-state index in [-0.39, 0.29) is 0 Å². The van der Waals surface area contributed by atoms with E-state index >= 15 is 0 Å². The second-order valence-electron chi connectivity index (χ2n) is 6.05. The molecule has 5 atom stereocenters. The minimum absolute atomic E-state index is 0.309. The van der Waals surface area contributed by atoms with Crippen LogP contribution in [0.1, 0.15) is 0 Å². The second-order valence-corrected chi connectivity index (χ2v) is 6.05. The lowest BCUT2D eigenvalue weighted by molar-refractivity contribution is -0.296. The number of hydrogen-bond donors (Lipinski definition) is 4. The van der Waals surface area contributed by atoms with Crippen molar-refractivity contribution in [2.45, 2.75) is 30.7 Å². The summed E-state index contributed by atoms with van der Waals surface area (Å²) in [5, 5.41) is 40.4. The molecule has 1 unspecified atom stereocenters. The minimum Gasteiger partial charge on any atom is -0.394 e. The molecule has 0 amide bonds. The van der Waals surface area contributed by atoms with E-state index in [1.807, 2.05) is 24.3 Å². The highest BCUT2D eigenvalue weighted by molar-refractivity contribution is 5.83. The van der Waals surface area contributed by atoms with Crippen molar-refractivity contribution in [1.29, 1.82) is 0 Å². The second kappa shape index (κ2) is 8.61. The zero-order chi connectivity index (χ0) is 19.4. The van der Waals surface area contributed by atoms with Crippen LogP contribution in [0.15, 0.2) is 42.5 Å². The van der Waals surface area contributed by atoms with Crippen molar-refractivity contribution in [2.24, 2.45) is 0 Å². The van der Waals surface area contributed by atoms with Gasteiger partial charge < -0.3 is 29.9 Å². The van der Waals surface area contributed by atoms with Gasteiger partial charge in [0.15, 0.2) is 12.0 Å². The van der Waals surface area contributed by atoms with Crippen LogP contribution in [-0.2, 0) is 19.2 Å². The molecule has 0 saturated carbocycles. The quantitative estimate of drug-likeness (QED) is 0.386. The third kappa shape index (κ3) is 4.53. The number of aliphatic hydroxyl groups is 4. The maximum Gasteiger partial charge on any atom is 0.380 e. The Bertz CT molecular complexity index is 780. The molecule has 1 heterocycles. The van der Waals surface area contributed by atoms with E-state index in [1.165, 1.54) is 0 Å². The maximum absolute atomic E-state index is 11.8. The first-order chi connectivity index (χ1) is 13.0. The summed E-state index contributed by atoms with van der Waals surface area (Å²) in [5.41, 5.74) is 0. The lowest BCUT2D eigenvalue weighted by Crippen LogP contribution is -2.59. The van der Waals surface area contributed by atoms with Crippen molar-refractivity contribution in [3.05, 3.63) is 42.5 Å². The average molecular weight is 380 g/mol. The van der Waals surface area contributed by atoms with Crippen LogP contribution < -0.4 is 4.89 Å². The molecule has 1 aliphatic heterocycles. The Kier molecular flexibility index (Phi) is 6.22. The molecule has 9 heteroatoms. The standard InChI is InChI=1S/C18H20O9/c19-8-13-15(21)17(16(22)18(23)25-13)24-9-14(20)27-26-12-6-5-10-3-1-2-4-11(10)7-12/h1-7,13,15-19,21-23H,8-9H2/t13-,15-,16-,17+,18?/m1/s1. The molecule has 0 radical (unpaired) electrons. The van der Waals surface area contributed by atoms with Crippen molar-refractivity contribution in [3.8, 4) is 5.75 Å². The topological polar surface area (TPSA) is 135 Å². The average Bonchev–Trinajstić information content (AvgIpc) is 2.69. The van der Waals surface area contributed by atoms with Crippen LogP contribution in [0.2, 0.25) is 0 Å². The molecule has 1 aliphatic rings.